The Balaban J connectivity index is 2.51. The number of rotatable bonds is 1. The van der Waals surface area contributed by atoms with Crippen molar-refractivity contribution < 1.29 is 0 Å². The third kappa shape index (κ3) is 3.43. The van der Waals surface area contributed by atoms with E-state index < -0.39 is 0 Å². The monoisotopic (exact) mass is 285 g/mol. The van der Waals surface area contributed by atoms with E-state index in [0.717, 1.165) is 10.5 Å². The molecule has 0 spiro atoms. The van der Waals surface area contributed by atoms with E-state index in [-0.39, 0.29) is 11.0 Å². The van der Waals surface area contributed by atoms with Gasteiger partial charge in [-0.25, -0.2) is 0 Å². The molecule has 0 saturated carbocycles. The fraction of sp³-hybridized carbons (Fsp3) is 0.389. The number of aliphatic imine (C=N–C) groups is 1. The van der Waals surface area contributed by atoms with E-state index in [1.165, 1.54) is 11.1 Å². The van der Waals surface area contributed by atoms with Crippen molar-refractivity contribution in [1.82, 2.24) is 0 Å². The van der Waals surface area contributed by atoms with Crippen molar-refractivity contribution in [3.05, 3.63) is 58.1 Å². The van der Waals surface area contributed by atoms with Gasteiger partial charge in [0.25, 0.3) is 0 Å². The van der Waals surface area contributed by atoms with Crippen LogP contribution in [0.1, 0.15) is 34.6 Å². The molecule has 0 atom stereocenters. The molecule has 0 aromatic rings. The first-order chi connectivity index (χ1) is 9.20. The third-order valence-electron chi connectivity index (χ3n) is 3.61. The van der Waals surface area contributed by atoms with Gasteiger partial charge in [-0.15, -0.1) is 12.6 Å². The Hall–Kier alpha value is -1.28. The zero-order chi connectivity index (χ0) is 15.0. The van der Waals surface area contributed by atoms with Gasteiger partial charge in [0.05, 0.1) is 5.54 Å². The minimum atomic E-state index is -0.173. The summed E-state index contributed by atoms with van der Waals surface area (Å²) >= 11 is 4.62. The largest absolute Gasteiger partial charge is 0.282 e. The predicted molar refractivity (Wildman–Crippen MR) is 92.5 cm³/mol. The van der Waals surface area contributed by atoms with E-state index in [9.17, 15) is 0 Å². The Morgan fingerprint density at radius 2 is 1.50 bits per heavy atom. The summed E-state index contributed by atoms with van der Waals surface area (Å²) in [6.07, 6.45) is 15.0. The van der Waals surface area contributed by atoms with E-state index in [1.54, 1.807) is 0 Å². The van der Waals surface area contributed by atoms with Gasteiger partial charge in [0.15, 0.2) is 0 Å². The molecule has 0 N–H and O–H groups in total. The Kier molecular flexibility index (Phi) is 3.97. The summed E-state index contributed by atoms with van der Waals surface area (Å²) in [7, 11) is 0. The smallest absolute Gasteiger partial charge is 0.0735 e. The van der Waals surface area contributed by atoms with Gasteiger partial charge >= 0.3 is 0 Å². The van der Waals surface area contributed by atoms with E-state index in [0.29, 0.717) is 0 Å². The van der Waals surface area contributed by atoms with E-state index in [2.05, 4.69) is 88.7 Å². The Morgan fingerprint density at radius 3 is 2.20 bits per heavy atom. The van der Waals surface area contributed by atoms with Crippen molar-refractivity contribution in [3.63, 3.8) is 0 Å². The van der Waals surface area contributed by atoms with Crippen LogP contribution in [-0.2, 0) is 0 Å². The number of hydrogen-bond acceptors (Lipinski definition) is 2. The van der Waals surface area contributed by atoms with Crippen LogP contribution in [0.4, 0.5) is 0 Å². The van der Waals surface area contributed by atoms with Crippen LogP contribution in [-0.4, -0.2) is 11.8 Å². The Labute approximate surface area is 128 Å². The molecule has 1 heterocycles. The maximum absolute atomic E-state index is 4.62. The zero-order valence-electron chi connectivity index (χ0n) is 12.9. The van der Waals surface area contributed by atoms with Gasteiger partial charge in [0.2, 0.25) is 0 Å². The van der Waals surface area contributed by atoms with Gasteiger partial charge in [-0.05, 0) is 37.5 Å². The van der Waals surface area contributed by atoms with Crippen molar-refractivity contribution in [2.24, 2.45) is 10.4 Å². The maximum atomic E-state index is 4.62. The predicted octanol–water partition coefficient (Wildman–Crippen LogP) is 5.06. The van der Waals surface area contributed by atoms with Crippen LogP contribution in [0.5, 0.6) is 0 Å². The first kappa shape index (κ1) is 15.1. The maximum Gasteiger partial charge on any atom is 0.0735 e. The number of nitrogens with zero attached hydrogens (tertiary/aromatic N) is 1. The lowest BCUT2D eigenvalue weighted by Crippen LogP contribution is -2.11. The molecule has 106 valence electrons. The Morgan fingerprint density at radius 1 is 0.900 bits per heavy atom. The summed E-state index contributed by atoms with van der Waals surface area (Å²) in [6.45, 7) is 10.8. The van der Waals surface area contributed by atoms with Gasteiger partial charge in [0.1, 0.15) is 0 Å². The van der Waals surface area contributed by atoms with Crippen LogP contribution < -0.4 is 0 Å². The molecule has 0 saturated heterocycles. The van der Waals surface area contributed by atoms with Crippen molar-refractivity contribution in [2.75, 3.05) is 0 Å². The standard InChI is InChI=1S/C18H23NS/c1-13-6-9-17(2,3)10-7-14(13)15-8-11-18(4,5)19-12-16(15)20/h6-12,20H,1-5H3. The van der Waals surface area contributed by atoms with Crippen LogP contribution in [0.3, 0.4) is 0 Å². The fourth-order valence-electron chi connectivity index (χ4n) is 2.16. The summed E-state index contributed by atoms with van der Waals surface area (Å²) in [4.78, 5) is 5.46. The highest BCUT2D eigenvalue weighted by Crippen LogP contribution is 2.32. The van der Waals surface area contributed by atoms with Crippen molar-refractivity contribution in [3.8, 4) is 0 Å². The highest BCUT2D eigenvalue weighted by atomic mass is 32.1. The summed E-state index contributed by atoms with van der Waals surface area (Å²) in [5.74, 6) is 0. The van der Waals surface area contributed by atoms with Gasteiger partial charge in [0, 0.05) is 16.5 Å². The minimum Gasteiger partial charge on any atom is -0.282 e. The third-order valence-corrected chi connectivity index (χ3v) is 3.97. The fourth-order valence-corrected chi connectivity index (χ4v) is 2.41. The molecule has 0 fully saturated rings. The molecule has 20 heavy (non-hydrogen) atoms. The molecule has 0 radical (unpaired) electrons. The molecule has 0 bridgehead atoms. The van der Waals surface area contributed by atoms with E-state index >= 15 is 0 Å². The molecule has 2 rings (SSSR count). The molecule has 0 aromatic heterocycles. The van der Waals surface area contributed by atoms with E-state index in [4.69, 9.17) is 0 Å². The van der Waals surface area contributed by atoms with Gasteiger partial charge in [-0.2, -0.15) is 0 Å². The SMILES string of the molecule is CC1=C(C2=C(S)C=NC(C)(C)C=C2)C=CC(C)(C)C=C1. The van der Waals surface area contributed by atoms with Crippen molar-refractivity contribution >= 4 is 18.8 Å². The molecule has 0 aromatic carbocycles. The molecule has 1 aliphatic carbocycles. The van der Waals surface area contributed by atoms with Gasteiger partial charge < -0.3 is 0 Å². The second-order valence-electron chi connectivity index (χ2n) is 6.63. The molecule has 2 aliphatic rings. The zero-order valence-corrected chi connectivity index (χ0v) is 13.8. The second-order valence-corrected chi connectivity index (χ2v) is 7.11. The van der Waals surface area contributed by atoms with Crippen LogP contribution in [0, 0.1) is 5.41 Å². The van der Waals surface area contributed by atoms with Crippen LogP contribution >= 0.6 is 12.6 Å². The van der Waals surface area contributed by atoms with Crippen LogP contribution in [0.2, 0.25) is 0 Å². The van der Waals surface area contributed by atoms with Crippen molar-refractivity contribution in [2.45, 2.75) is 40.2 Å². The number of hydrogen-bond donors (Lipinski definition) is 1. The first-order valence-electron chi connectivity index (χ1n) is 6.98. The summed E-state index contributed by atoms with van der Waals surface area (Å²) < 4.78 is 0. The Bertz CT molecular complexity index is 539. The lowest BCUT2D eigenvalue weighted by molar-refractivity contribution is 0.626. The lowest BCUT2D eigenvalue weighted by atomic mass is 9.92. The number of thiol groups is 1. The van der Waals surface area contributed by atoms with Gasteiger partial charge in [-0.1, -0.05) is 50.3 Å². The van der Waals surface area contributed by atoms with Crippen molar-refractivity contribution in [1.29, 1.82) is 0 Å². The highest BCUT2D eigenvalue weighted by molar-refractivity contribution is 7.85. The molecule has 1 aliphatic heterocycles. The molecule has 0 unspecified atom stereocenters. The molecule has 1 nitrogen and oxygen atoms in total. The minimum absolute atomic E-state index is 0.0855. The van der Waals surface area contributed by atoms with Crippen LogP contribution in [0.25, 0.3) is 0 Å². The first-order valence-corrected chi connectivity index (χ1v) is 7.42. The molecule has 0 amide bonds. The topological polar surface area (TPSA) is 12.4 Å². The number of allylic oxidation sites excluding steroid dienone is 9. The average Bonchev–Trinajstić information content (AvgIpc) is 2.56. The highest BCUT2D eigenvalue weighted by Gasteiger charge is 2.18. The van der Waals surface area contributed by atoms with Crippen LogP contribution in [0.15, 0.2) is 63.1 Å². The summed E-state index contributed by atoms with van der Waals surface area (Å²) in [5, 5.41) is 0. The summed E-state index contributed by atoms with van der Waals surface area (Å²) in [5.41, 5.74) is 3.53. The molecular formula is C18H23NS. The van der Waals surface area contributed by atoms with Gasteiger partial charge in [-0.3, -0.25) is 4.99 Å². The average molecular weight is 285 g/mol. The normalized spacial score (nSPS) is 24.1. The molecule has 2 heteroatoms. The lowest BCUT2D eigenvalue weighted by Gasteiger charge is -2.13. The summed E-state index contributed by atoms with van der Waals surface area (Å²) in [6, 6.07) is 0. The second kappa shape index (κ2) is 5.25. The van der Waals surface area contributed by atoms with E-state index in [1.807, 2.05) is 6.21 Å². The molecular weight excluding hydrogens is 262 g/mol. The quantitative estimate of drug-likeness (QED) is 0.647.